The second-order valence-corrected chi connectivity index (χ2v) is 6.50. The topological polar surface area (TPSA) is 79.4 Å². The van der Waals surface area contributed by atoms with E-state index in [4.69, 9.17) is 0 Å². The number of thiazole rings is 1. The summed E-state index contributed by atoms with van der Waals surface area (Å²) in [4.78, 5) is 42.0. The van der Waals surface area contributed by atoms with Crippen LogP contribution in [-0.4, -0.2) is 39.7 Å². The summed E-state index contributed by atoms with van der Waals surface area (Å²) in [5.41, 5.74) is 3.13. The number of imide groups is 1. The Kier molecular flexibility index (Phi) is 2.97. The lowest BCUT2D eigenvalue weighted by Crippen LogP contribution is -2.45. The molecule has 0 bridgehead atoms. The number of aromatic nitrogens is 1. The molecule has 1 aromatic carbocycles. The minimum absolute atomic E-state index is 0.0594. The summed E-state index contributed by atoms with van der Waals surface area (Å²) >= 11 is 1.47. The Morgan fingerprint density at radius 2 is 2.14 bits per heavy atom. The number of carbonyl (C=O) groups excluding carboxylic acids is 3. The first-order chi connectivity index (χ1) is 10.6. The van der Waals surface area contributed by atoms with Gasteiger partial charge in [0.2, 0.25) is 11.8 Å². The fourth-order valence-corrected chi connectivity index (χ4v) is 3.53. The molecule has 1 aliphatic heterocycles. The van der Waals surface area contributed by atoms with Gasteiger partial charge < -0.3 is 4.90 Å². The van der Waals surface area contributed by atoms with Gasteiger partial charge in [-0.25, -0.2) is 4.98 Å². The summed E-state index contributed by atoms with van der Waals surface area (Å²) in [6, 6.07) is 4.73. The predicted molar refractivity (Wildman–Crippen MR) is 80.4 cm³/mol. The maximum Gasteiger partial charge on any atom is 0.254 e. The number of benzene rings is 1. The Bertz CT molecular complexity index is 796. The molecule has 1 saturated heterocycles. The van der Waals surface area contributed by atoms with Gasteiger partial charge in [0.15, 0.2) is 0 Å². The molecule has 2 fully saturated rings. The number of carbonyl (C=O) groups is 3. The summed E-state index contributed by atoms with van der Waals surface area (Å²) in [6.45, 7) is 0. The molecule has 0 radical (unpaired) electrons. The summed E-state index contributed by atoms with van der Waals surface area (Å²) in [5.74, 6) is -0.872. The van der Waals surface area contributed by atoms with Crippen LogP contribution in [0.2, 0.25) is 0 Å². The molecule has 1 atom stereocenters. The lowest BCUT2D eigenvalue weighted by molar-refractivity contribution is -0.126. The molecule has 7 heteroatoms. The zero-order valence-electron chi connectivity index (χ0n) is 11.6. The molecule has 2 heterocycles. The van der Waals surface area contributed by atoms with Crippen molar-refractivity contribution in [1.82, 2.24) is 15.2 Å². The first kappa shape index (κ1) is 13.4. The smallest absolute Gasteiger partial charge is 0.254 e. The normalized spacial score (nSPS) is 21.2. The molecule has 1 saturated carbocycles. The van der Waals surface area contributed by atoms with Crippen LogP contribution < -0.4 is 5.32 Å². The summed E-state index contributed by atoms with van der Waals surface area (Å²) in [5, 5.41) is 2.28. The molecular formula is C15H13N3O3S. The summed E-state index contributed by atoms with van der Waals surface area (Å²) in [6.07, 6.45) is 1.82. The van der Waals surface area contributed by atoms with Gasteiger partial charge in [-0.15, -0.1) is 11.3 Å². The zero-order chi connectivity index (χ0) is 15.3. The van der Waals surface area contributed by atoms with E-state index in [0.29, 0.717) is 5.56 Å². The molecule has 1 aromatic heterocycles. The molecule has 2 aliphatic rings. The van der Waals surface area contributed by atoms with Crippen LogP contribution in [0.15, 0.2) is 23.7 Å². The SMILES string of the molecule is O=C1C[C@@H](N(C(=O)c2ccc3ncsc3c2)C2CC2)C(=O)N1. The molecule has 2 aromatic rings. The highest BCUT2D eigenvalue weighted by molar-refractivity contribution is 7.16. The van der Waals surface area contributed by atoms with E-state index in [1.807, 2.05) is 6.07 Å². The Balaban J connectivity index is 1.68. The van der Waals surface area contributed by atoms with Crippen LogP contribution in [0.3, 0.4) is 0 Å². The molecule has 1 aliphatic carbocycles. The fraction of sp³-hybridized carbons (Fsp3) is 0.333. The molecular weight excluding hydrogens is 302 g/mol. The Hall–Kier alpha value is -2.28. The lowest BCUT2D eigenvalue weighted by atomic mass is 10.1. The van der Waals surface area contributed by atoms with Crippen LogP contribution in [0.1, 0.15) is 29.6 Å². The largest absolute Gasteiger partial charge is 0.323 e. The molecule has 6 nitrogen and oxygen atoms in total. The average molecular weight is 315 g/mol. The van der Waals surface area contributed by atoms with Gasteiger partial charge in [0.1, 0.15) is 6.04 Å². The fourth-order valence-electron chi connectivity index (χ4n) is 2.82. The van der Waals surface area contributed by atoms with Crippen LogP contribution in [0.4, 0.5) is 0 Å². The van der Waals surface area contributed by atoms with Crippen molar-refractivity contribution in [3.05, 3.63) is 29.3 Å². The summed E-state index contributed by atoms with van der Waals surface area (Å²) < 4.78 is 0.938. The van der Waals surface area contributed by atoms with Gasteiger partial charge >= 0.3 is 0 Å². The van der Waals surface area contributed by atoms with Gasteiger partial charge in [0.25, 0.3) is 5.91 Å². The standard InChI is InChI=1S/C15H13N3O3S/c19-13-6-11(14(20)17-13)18(9-2-3-9)15(21)8-1-4-10-12(5-8)22-7-16-10/h1,4-5,7,9,11H,2-3,6H2,(H,17,19,20)/t11-/m1/s1. The number of nitrogens with zero attached hydrogens (tertiary/aromatic N) is 2. The van der Waals surface area contributed by atoms with Crippen molar-refractivity contribution >= 4 is 39.3 Å². The van der Waals surface area contributed by atoms with Crippen LogP contribution in [-0.2, 0) is 9.59 Å². The highest BCUT2D eigenvalue weighted by Gasteiger charge is 2.44. The predicted octanol–water partition coefficient (Wildman–Crippen LogP) is 1.32. The van der Waals surface area contributed by atoms with Gasteiger partial charge in [0, 0.05) is 11.6 Å². The maximum absolute atomic E-state index is 12.8. The molecule has 0 unspecified atom stereocenters. The average Bonchev–Trinajstić information content (AvgIpc) is 3.11. The number of hydrogen-bond donors (Lipinski definition) is 1. The monoisotopic (exact) mass is 315 g/mol. The Morgan fingerprint density at radius 1 is 1.32 bits per heavy atom. The number of amides is 3. The van der Waals surface area contributed by atoms with Crippen molar-refractivity contribution in [3.8, 4) is 0 Å². The molecule has 22 heavy (non-hydrogen) atoms. The van der Waals surface area contributed by atoms with E-state index in [9.17, 15) is 14.4 Å². The van der Waals surface area contributed by atoms with E-state index in [2.05, 4.69) is 10.3 Å². The van der Waals surface area contributed by atoms with Gasteiger partial charge in [-0.3, -0.25) is 19.7 Å². The van der Waals surface area contributed by atoms with E-state index in [-0.39, 0.29) is 30.2 Å². The molecule has 112 valence electrons. The number of hydrogen-bond acceptors (Lipinski definition) is 5. The van der Waals surface area contributed by atoms with Crippen molar-refractivity contribution in [3.63, 3.8) is 0 Å². The van der Waals surface area contributed by atoms with Crippen molar-refractivity contribution in [2.45, 2.75) is 31.3 Å². The van der Waals surface area contributed by atoms with Gasteiger partial charge in [0.05, 0.1) is 22.1 Å². The molecule has 1 N–H and O–H groups in total. The first-order valence-electron chi connectivity index (χ1n) is 7.13. The highest BCUT2D eigenvalue weighted by Crippen LogP contribution is 2.32. The van der Waals surface area contributed by atoms with E-state index in [1.165, 1.54) is 11.3 Å². The van der Waals surface area contributed by atoms with E-state index < -0.39 is 6.04 Å². The van der Waals surface area contributed by atoms with Gasteiger partial charge in [-0.05, 0) is 31.0 Å². The second kappa shape index (κ2) is 4.88. The maximum atomic E-state index is 12.8. The van der Waals surface area contributed by atoms with Gasteiger partial charge in [-0.2, -0.15) is 0 Å². The number of nitrogens with one attached hydrogen (secondary N) is 1. The highest BCUT2D eigenvalue weighted by atomic mass is 32.1. The number of rotatable bonds is 3. The minimum Gasteiger partial charge on any atom is -0.323 e. The van der Waals surface area contributed by atoms with Gasteiger partial charge in [-0.1, -0.05) is 0 Å². The first-order valence-corrected chi connectivity index (χ1v) is 8.01. The second-order valence-electron chi connectivity index (χ2n) is 5.61. The third-order valence-corrected chi connectivity index (χ3v) is 4.82. The zero-order valence-corrected chi connectivity index (χ0v) is 12.4. The molecule has 4 rings (SSSR count). The number of fused-ring (bicyclic) bond motifs is 1. The van der Waals surface area contributed by atoms with Crippen LogP contribution in [0.5, 0.6) is 0 Å². The van der Waals surface area contributed by atoms with Crippen LogP contribution in [0.25, 0.3) is 10.2 Å². The van der Waals surface area contributed by atoms with Crippen molar-refractivity contribution in [2.75, 3.05) is 0 Å². The van der Waals surface area contributed by atoms with Crippen LogP contribution >= 0.6 is 11.3 Å². The van der Waals surface area contributed by atoms with Crippen molar-refractivity contribution in [1.29, 1.82) is 0 Å². The Morgan fingerprint density at radius 3 is 2.82 bits per heavy atom. The third-order valence-electron chi connectivity index (χ3n) is 4.03. The third kappa shape index (κ3) is 2.18. The summed E-state index contributed by atoms with van der Waals surface area (Å²) in [7, 11) is 0. The van der Waals surface area contributed by atoms with E-state index >= 15 is 0 Å². The van der Waals surface area contributed by atoms with Crippen molar-refractivity contribution < 1.29 is 14.4 Å². The molecule has 3 amide bonds. The van der Waals surface area contributed by atoms with Crippen LogP contribution in [0, 0.1) is 0 Å². The minimum atomic E-state index is -0.676. The van der Waals surface area contributed by atoms with E-state index in [1.54, 1.807) is 22.5 Å². The lowest BCUT2D eigenvalue weighted by Gasteiger charge is -2.26. The van der Waals surface area contributed by atoms with Crippen molar-refractivity contribution in [2.24, 2.45) is 0 Å². The Labute approximate surface area is 130 Å². The molecule has 0 spiro atoms. The van der Waals surface area contributed by atoms with E-state index in [0.717, 1.165) is 23.1 Å². The quantitative estimate of drug-likeness (QED) is 0.866.